The summed E-state index contributed by atoms with van der Waals surface area (Å²) in [5.41, 5.74) is 0.992. The van der Waals surface area contributed by atoms with E-state index in [-0.39, 0.29) is 0 Å². The molecule has 0 amide bonds. The molecule has 2 rings (SSSR count). The second-order valence-electron chi connectivity index (χ2n) is 5.69. The van der Waals surface area contributed by atoms with Crippen molar-refractivity contribution >= 4 is 15.7 Å². The van der Waals surface area contributed by atoms with Crippen molar-refractivity contribution in [1.29, 1.82) is 0 Å². The van der Waals surface area contributed by atoms with E-state index in [0.717, 1.165) is 11.6 Å². The van der Waals surface area contributed by atoms with E-state index in [0.29, 0.717) is 23.4 Å². The van der Waals surface area contributed by atoms with Gasteiger partial charge in [-0.2, -0.15) is 0 Å². The Kier molecular flexibility index (Phi) is 4.70. The second-order valence-corrected chi connectivity index (χ2v) is 7.46. The van der Waals surface area contributed by atoms with E-state index >= 15 is 0 Å². The average Bonchev–Trinajstić information content (AvgIpc) is 2.71. The predicted molar refractivity (Wildman–Crippen MR) is 82.3 cm³/mol. The summed E-state index contributed by atoms with van der Waals surface area (Å²) in [6, 6.07) is 7.49. The van der Waals surface area contributed by atoms with Crippen LogP contribution in [-0.2, 0) is 10.0 Å². The third-order valence-electron chi connectivity index (χ3n) is 4.32. The molecule has 0 aliphatic heterocycles. The molecule has 112 valence electrons. The van der Waals surface area contributed by atoms with Gasteiger partial charge < -0.3 is 5.32 Å². The molecule has 3 atom stereocenters. The normalized spacial score (nSPS) is 26.6. The minimum Gasteiger partial charge on any atom is -0.382 e. The van der Waals surface area contributed by atoms with Gasteiger partial charge in [-0.05, 0) is 48.9 Å². The maximum Gasteiger partial charge on any atom is 0.240 e. The summed E-state index contributed by atoms with van der Waals surface area (Å²) in [6.07, 6.45) is 2.44. The molecule has 1 saturated carbocycles. The zero-order valence-electron chi connectivity index (χ0n) is 12.4. The van der Waals surface area contributed by atoms with Gasteiger partial charge in [0, 0.05) is 18.3 Å². The average molecular weight is 296 g/mol. The van der Waals surface area contributed by atoms with Gasteiger partial charge in [-0.1, -0.05) is 20.8 Å². The highest BCUT2D eigenvalue weighted by Crippen LogP contribution is 2.33. The Morgan fingerprint density at radius 2 is 1.80 bits per heavy atom. The van der Waals surface area contributed by atoms with Crippen molar-refractivity contribution in [3.8, 4) is 0 Å². The van der Waals surface area contributed by atoms with E-state index in [2.05, 4.69) is 23.9 Å². The molecule has 0 saturated heterocycles. The Morgan fingerprint density at radius 1 is 1.15 bits per heavy atom. The highest BCUT2D eigenvalue weighted by molar-refractivity contribution is 7.89. The van der Waals surface area contributed by atoms with E-state index in [1.165, 1.54) is 12.8 Å². The van der Waals surface area contributed by atoms with Crippen LogP contribution >= 0.6 is 0 Å². The number of anilines is 1. The number of hydrogen-bond donors (Lipinski definition) is 2. The van der Waals surface area contributed by atoms with Crippen LogP contribution in [0.25, 0.3) is 0 Å². The molecule has 0 aromatic heterocycles. The van der Waals surface area contributed by atoms with Crippen molar-refractivity contribution in [2.45, 2.75) is 44.6 Å². The van der Waals surface area contributed by atoms with Crippen LogP contribution in [0.15, 0.2) is 29.2 Å². The Bertz CT molecular complexity index is 539. The topological polar surface area (TPSA) is 58.2 Å². The second kappa shape index (κ2) is 6.14. The van der Waals surface area contributed by atoms with Crippen LogP contribution in [0.3, 0.4) is 0 Å². The fourth-order valence-electron chi connectivity index (χ4n) is 2.79. The molecule has 4 nitrogen and oxygen atoms in total. The van der Waals surface area contributed by atoms with Gasteiger partial charge in [0.1, 0.15) is 0 Å². The van der Waals surface area contributed by atoms with E-state index in [1.807, 2.05) is 12.1 Å². The smallest absolute Gasteiger partial charge is 0.240 e. The summed E-state index contributed by atoms with van der Waals surface area (Å²) in [5.74, 6) is 1.40. The van der Waals surface area contributed by atoms with Crippen molar-refractivity contribution in [2.75, 3.05) is 11.9 Å². The van der Waals surface area contributed by atoms with Gasteiger partial charge in [0.25, 0.3) is 0 Å². The fourth-order valence-corrected chi connectivity index (χ4v) is 3.83. The van der Waals surface area contributed by atoms with Crippen molar-refractivity contribution in [3.63, 3.8) is 0 Å². The molecule has 2 N–H and O–H groups in total. The van der Waals surface area contributed by atoms with E-state index in [1.54, 1.807) is 19.1 Å². The quantitative estimate of drug-likeness (QED) is 0.878. The van der Waals surface area contributed by atoms with Crippen LogP contribution in [0, 0.1) is 11.8 Å². The maximum atomic E-state index is 11.9. The van der Waals surface area contributed by atoms with Crippen LogP contribution < -0.4 is 10.0 Å². The summed E-state index contributed by atoms with van der Waals surface area (Å²) in [4.78, 5) is 0.317. The van der Waals surface area contributed by atoms with Crippen LogP contribution in [0.5, 0.6) is 0 Å². The van der Waals surface area contributed by atoms with Crippen LogP contribution in [-0.4, -0.2) is 21.0 Å². The third-order valence-corrected chi connectivity index (χ3v) is 5.88. The summed E-state index contributed by atoms with van der Waals surface area (Å²) >= 11 is 0. The van der Waals surface area contributed by atoms with Gasteiger partial charge in [0.2, 0.25) is 10.0 Å². The minimum absolute atomic E-state index is 0.317. The molecule has 1 aromatic carbocycles. The van der Waals surface area contributed by atoms with Crippen molar-refractivity contribution in [1.82, 2.24) is 4.72 Å². The lowest BCUT2D eigenvalue weighted by Gasteiger charge is -2.21. The lowest BCUT2D eigenvalue weighted by atomic mass is 9.98. The number of nitrogens with one attached hydrogen (secondary N) is 2. The fraction of sp³-hybridized carbons (Fsp3) is 0.600. The Hall–Kier alpha value is -1.07. The van der Waals surface area contributed by atoms with E-state index in [9.17, 15) is 8.42 Å². The van der Waals surface area contributed by atoms with Crippen molar-refractivity contribution in [3.05, 3.63) is 24.3 Å². The number of hydrogen-bond acceptors (Lipinski definition) is 3. The summed E-state index contributed by atoms with van der Waals surface area (Å²) in [7, 11) is -3.35. The Labute approximate surface area is 122 Å². The molecular weight excluding hydrogens is 272 g/mol. The number of sulfonamides is 1. The standard InChI is InChI=1S/C15H24N2O2S/c1-4-16-20(18,19)14-8-6-13(7-9-14)17-15-10-5-11(2)12(15)3/h6-9,11-12,15-17H,4-5,10H2,1-3H3. The monoisotopic (exact) mass is 296 g/mol. The van der Waals surface area contributed by atoms with Gasteiger partial charge in [-0.15, -0.1) is 0 Å². The first-order valence-corrected chi connectivity index (χ1v) is 8.78. The van der Waals surface area contributed by atoms with Crippen LogP contribution in [0.1, 0.15) is 33.6 Å². The first kappa shape index (κ1) is 15.3. The van der Waals surface area contributed by atoms with E-state index < -0.39 is 10.0 Å². The molecule has 0 radical (unpaired) electrons. The van der Waals surface area contributed by atoms with Gasteiger partial charge >= 0.3 is 0 Å². The predicted octanol–water partition coefficient (Wildman–Crippen LogP) is 2.83. The SMILES string of the molecule is CCNS(=O)(=O)c1ccc(NC2CCC(C)C2C)cc1. The minimum atomic E-state index is -3.35. The highest BCUT2D eigenvalue weighted by Gasteiger charge is 2.29. The van der Waals surface area contributed by atoms with Crippen molar-refractivity contribution in [2.24, 2.45) is 11.8 Å². The molecule has 0 bridgehead atoms. The molecule has 1 aromatic rings. The third kappa shape index (κ3) is 3.33. The number of benzene rings is 1. The first-order chi connectivity index (χ1) is 9.44. The molecule has 5 heteroatoms. The highest BCUT2D eigenvalue weighted by atomic mass is 32.2. The molecular formula is C15H24N2O2S. The first-order valence-electron chi connectivity index (χ1n) is 7.30. The Morgan fingerprint density at radius 3 is 2.30 bits per heavy atom. The van der Waals surface area contributed by atoms with E-state index in [4.69, 9.17) is 0 Å². The van der Waals surface area contributed by atoms with Crippen molar-refractivity contribution < 1.29 is 8.42 Å². The molecule has 1 aliphatic rings. The van der Waals surface area contributed by atoms with Gasteiger partial charge in [-0.25, -0.2) is 13.1 Å². The van der Waals surface area contributed by atoms with Gasteiger partial charge in [0.05, 0.1) is 4.90 Å². The zero-order chi connectivity index (χ0) is 14.8. The molecule has 3 unspecified atom stereocenters. The van der Waals surface area contributed by atoms with Gasteiger partial charge in [0.15, 0.2) is 0 Å². The largest absolute Gasteiger partial charge is 0.382 e. The molecule has 0 heterocycles. The molecule has 1 fully saturated rings. The molecule has 0 spiro atoms. The molecule has 1 aliphatic carbocycles. The summed E-state index contributed by atoms with van der Waals surface area (Å²) in [5, 5.41) is 3.52. The van der Waals surface area contributed by atoms with Crippen LogP contribution in [0.2, 0.25) is 0 Å². The summed E-state index contributed by atoms with van der Waals surface area (Å²) in [6.45, 7) is 6.74. The van der Waals surface area contributed by atoms with Crippen LogP contribution in [0.4, 0.5) is 5.69 Å². The lowest BCUT2D eigenvalue weighted by molar-refractivity contribution is 0.435. The zero-order valence-corrected chi connectivity index (χ0v) is 13.2. The summed E-state index contributed by atoms with van der Waals surface area (Å²) < 4.78 is 26.2. The lowest BCUT2D eigenvalue weighted by Crippen LogP contribution is -2.24. The number of rotatable bonds is 5. The van der Waals surface area contributed by atoms with Gasteiger partial charge in [-0.3, -0.25) is 0 Å². The molecule has 20 heavy (non-hydrogen) atoms. The Balaban J connectivity index is 2.06. The maximum absolute atomic E-state index is 11.9.